The fourth-order valence-corrected chi connectivity index (χ4v) is 2.38. The van der Waals surface area contributed by atoms with Gasteiger partial charge in [-0.15, -0.1) is 0 Å². The highest BCUT2D eigenvalue weighted by Gasteiger charge is 1.92. The van der Waals surface area contributed by atoms with Crippen LogP contribution in [0.5, 0.6) is 0 Å². The standard InChI is InChI=1S/C13H26Br2O/c14-10-6-4-2-1-3-5-8-12-16-13-9-7-11-15/h1-13H2. The van der Waals surface area contributed by atoms with Crippen LogP contribution >= 0.6 is 31.9 Å². The van der Waals surface area contributed by atoms with Gasteiger partial charge in [-0.05, 0) is 25.7 Å². The zero-order chi connectivity index (χ0) is 11.9. The Morgan fingerprint density at radius 3 is 1.44 bits per heavy atom. The van der Waals surface area contributed by atoms with Crippen LogP contribution in [0.25, 0.3) is 0 Å². The Labute approximate surface area is 118 Å². The van der Waals surface area contributed by atoms with E-state index in [1.165, 1.54) is 57.8 Å². The van der Waals surface area contributed by atoms with Crippen LogP contribution in [-0.4, -0.2) is 23.9 Å². The van der Waals surface area contributed by atoms with E-state index < -0.39 is 0 Å². The van der Waals surface area contributed by atoms with Crippen molar-refractivity contribution in [3.05, 3.63) is 0 Å². The van der Waals surface area contributed by atoms with Gasteiger partial charge in [0.1, 0.15) is 0 Å². The highest BCUT2D eigenvalue weighted by molar-refractivity contribution is 9.09. The first-order chi connectivity index (χ1) is 7.91. The Bertz CT molecular complexity index is 107. The number of unbranched alkanes of at least 4 members (excludes halogenated alkanes) is 7. The van der Waals surface area contributed by atoms with Gasteiger partial charge >= 0.3 is 0 Å². The summed E-state index contributed by atoms with van der Waals surface area (Å²) in [6.07, 6.45) is 11.9. The summed E-state index contributed by atoms with van der Waals surface area (Å²) >= 11 is 6.88. The Balaban J connectivity index is 2.83. The Kier molecular flexibility index (Phi) is 16.8. The van der Waals surface area contributed by atoms with Crippen LogP contribution in [0.2, 0.25) is 0 Å². The molecule has 16 heavy (non-hydrogen) atoms. The molecule has 98 valence electrons. The fourth-order valence-electron chi connectivity index (χ4n) is 1.58. The Hall–Kier alpha value is 0.920. The van der Waals surface area contributed by atoms with E-state index in [1.807, 2.05) is 0 Å². The van der Waals surface area contributed by atoms with Crippen LogP contribution in [0.1, 0.15) is 57.8 Å². The van der Waals surface area contributed by atoms with Crippen molar-refractivity contribution >= 4 is 31.9 Å². The average Bonchev–Trinajstić information content (AvgIpc) is 2.31. The maximum absolute atomic E-state index is 5.55. The maximum atomic E-state index is 5.55. The average molecular weight is 358 g/mol. The molecule has 0 atom stereocenters. The summed E-state index contributed by atoms with van der Waals surface area (Å²) in [7, 11) is 0. The zero-order valence-electron chi connectivity index (χ0n) is 10.4. The van der Waals surface area contributed by atoms with Crippen molar-refractivity contribution < 1.29 is 4.74 Å². The molecule has 0 aromatic carbocycles. The van der Waals surface area contributed by atoms with Gasteiger partial charge in [-0.25, -0.2) is 0 Å². The van der Waals surface area contributed by atoms with Crippen LogP contribution in [0.4, 0.5) is 0 Å². The first-order valence-corrected chi connectivity index (χ1v) is 8.85. The van der Waals surface area contributed by atoms with Crippen molar-refractivity contribution in [3.63, 3.8) is 0 Å². The van der Waals surface area contributed by atoms with Gasteiger partial charge in [0.2, 0.25) is 0 Å². The molecule has 0 amide bonds. The molecule has 0 aliphatic rings. The number of hydrogen-bond donors (Lipinski definition) is 0. The molecule has 0 bridgehead atoms. The van der Waals surface area contributed by atoms with Gasteiger partial charge in [0.05, 0.1) is 0 Å². The predicted molar refractivity (Wildman–Crippen MR) is 80.0 cm³/mol. The van der Waals surface area contributed by atoms with Gasteiger partial charge in [-0.2, -0.15) is 0 Å². The van der Waals surface area contributed by atoms with Gasteiger partial charge in [0.25, 0.3) is 0 Å². The van der Waals surface area contributed by atoms with E-state index in [0.29, 0.717) is 0 Å². The summed E-state index contributed by atoms with van der Waals surface area (Å²) in [6.45, 7) is 1.90. The molecule has 0 fully saturated rings. The fraction of sp³-hybridized carbons (Fsp3) is 1.00. The van der Waals surface area contributed by atoms with Gasteiger partial charge in [0.15, 0.2) is 0 Å². The monoisotopic (exact) mass is 356 g/mol. The van der Waals surface area contributed by atoms with Crippen LogP contribution in [0.3, 0.4) is 0 Å². The number of rotatable bonds is 13. The van der Waals surface area contributed by atoms with Crippen molar-refractivity contribution in [2.24, 2.45) is 0 Å². The van der Waals surface area contributed by atoms with Crippen molar-refractivity contribution in [3.8, 4) is 0 Å². The van der Waals surface area contributed by atoms with Gasteiger partial charge in [-0.3, -0.25) is 0 Å². The molecule has 0 aliphatic heterocycles. The van der Waals surface area contributed by atoms with Crippen molar-refractivity contribution in [1.82, 2.24) is 0 Å². The Morgan fingerprint density at radius 2 is 0.875 bits per heavy atom. The molecule has 0 aromatic heterocycles. The van der Waals surface area contributed by atoms with Gasteiger partial charge in [0, 0.05) is 23.9 Å². The molecule has 0 saturated heterocycles. The van der Waals surface area contributed by atoms with E-state index in [1.54, 1.807) is 0 Å². The normalized spacial score (nSPS) is 10.9. The second-order valence-electron chi connectivity index (χ2n) is 4.17. The minimum atomic E-state index is 0.941. The molecule has 0 radical (unpaired) electrons. The van der Waals surface area contributed by atoms with E-state index in [-0.39, 0.29) is 0 Å². The lowest BCUT2D eigenvalue weighted by Crippen LogP contribution is -1.97. The molecule has 1 nitrogen and oxygen atoms in total. The van der Waals surface area contributed by atoms with Crippen molar-refractivity contribution in [2.75, 3.05) is 23.9 Å². The molecule has 0 heterocycles. The SMILES string of the molecule is BrCCCCCCCCCOCCCCBr. The number of halogens is 2. The third-order valence-corrected chi connectivity index (χ3v) is 3.72. The van der Waals surface area contributed by atoms with E-state index >= 15 is 0 Å². The molecular formula is C13H26Br2O. The largest absolute Gasteiger partial charge is 0.381 e. The third-order valence-electron chi connectivity index (χ3n) is 2.59. The lowest BCUT2D eigenvalue weighted by Gasteiger charge is -2.03. The molecule has 0 N–H and O–H groups in total. The molecule has 0 aromatic rings. The summed E-state index contributed by atoms with van der Waals surface area (Å²) in [5.74, 6) is 0. The summed E-state index contributed by atoms with van der Waals surface area (Å²) in [5.41, 5.74) is 0. The van der Waals surface area contributed by atoms with Gasteiger partial charge < -0.3 is 4.74 Å². The first-order valence-electron chi connectivity index (χ1n) is 6.61. The molecule has 0 unspecified atom stereocenters. The molecule has 3 heteroatoms. The van der Waals surface area contributed by atoms with Crippen LogP contribution in [-0.2, 0) is 4.74 Å². The summed E-state index contributed by atoms with van der Waals surface area (Å²) in [6, 6.07) is 0. The van der Waals surface area contributed by atoms with Crippen LogP contribution in [0.15, 0.2) is 0 Å². The lowest BCUT2D eigenvalue weighted by atomic mass is 10.1. The molecule has 0 saturated carbocycles. The van der Waals surface area contributed by atoms with Gasteiger partial charge in [-0.1, -0.05) is 64.0 Å². The number of ether oxygens (including phenoxy) is 1. The number of hydrogen-bond acceptors (Lipinski definition) is 1. The minimum absolute atomic E-state index is 0.941. The third kappa shape index (κ3) is 14.9. The second kappa shape index (κ2) is 15.9. The Morgan fingerprint density at radius 1 is 0.500 bits per heavy atom. The van der Waals surface area contributed by atoms with Crippen LogP contribution in [0, 0.1) is 0 Å². The highest BCUT2D eigenvalue weighted by Crippen LogP contribution is 2.08. The predicted octanol–water partition coefficient (Wildman–Crippen LogP) is 5.30. The highest BCUT2D eigenvalue weighted by atomic mass is 79.9. The smallest absolute Gasteiger partial charge is 0.0466 e. The van der Waals surface area contributed by atoms with Crippen molar-refractivity contribution in [1.29, 1.82) is 0 Å². The molecule has 0 spiro atoms. The van der Waals surface area contributed by atoms with Crippen LogP contribution < -0.4 is 0 Å². The summed E-state index contributed by atoms with van der Waals surface area (Å²) in [5, 5.41) is 2.26. The second-order valence-corrected chi connectivity index (χ2v) is 5.76. The van der Waals surface area contributed by atoms with E-state index in [0.717, 1.165) is 23.9 Å². The minimum Gasteiger partial charge on any atom is -0.381 e. The molecule has 0 aliphatic carbocycles. The summed E-state index contributed by atoms with van der Waals surface area (Å²) < 4.78 is 5.55. The molecule has 0 rings (SSSR count). The van der Waals surface area contributed by atoms with E-state index in [9.17, 15) is 0 Å². The maximum Gasteiger partial charge on any atom is 0.0466 e. The zero-order valence-corrected chi connectivity index (χ0v) is 13.5. The quantitative estimate of drug-likeness (QED) is 0.321. The first kappa shape index (κ1) is 16.9. The summed E-state index contributed by atoms with van der Waals surface area (Å²) in [4.78, 5) is 0. The van der Waals surface area contributed by atoms with E-state index in [2.05, 4.69) is 31.9 Å². The topological polar surface area (TPSA) is 9.23 Å². The number of alkyl halides is 2. The lowest BCUT2D eigenvalue weighted by molar-refractivity contribution is 0.127. The molecular weight excluding hydrogens is 332 g/mol. The van der Waals surface area contributed by atoms with E-state index in [4.69, 9.17) is 4.74 Å². The van der Waals surface area contributed by atoms with Crippen molar-refractivity contribution in [2.45, 2.75) is 57.8 Å².